The van der Waals surface area contributed by atoms with Gasteiger partial charge in [-0.15, -0.1) is 11.8 Å². The van der Waals surface area contributed by atoms with Gasteiger partial charge in [0, 0.05) is 10.9 Å². The summed E-state index contributed by atoms with van der Waals surface area (Å²) in [6.07, 6.45) is 3.28. The van der Waals surface area contributed by atoms with Crippen molar-refractivity contribution in [1.82, 2.24) is 5.32 Å². The lowest BCUT2D eigenvalue weighted by Crippen LogP contribution is -2.30. The summed E-state index contributed by atoms with van der Waals surface area (Å²) in [4.78, 5) is 12.8. The number of nitrogens with one attached hydrogen (secondary N) is 2. The SMILES string of the molecule is CCCSc1ccc(N)c(NC(=O)NC2CC2)c1. The maximum Gasteiger partial charge on any atom is 0.319 e. The van der Waals surface area contributed by atoms with E-state index in [0.29, 0.717) is 17.4 Å². The van der Waals surface area contributed by atoms with E-state index >= 15 is 0 Å². The molecule has 1 saturated carbocycles. The molecular formula is C13H19N3OS. The van der Waals surface area contributed by atoms with Crippen LogP contribution in [0.15, 0.2) is 23.1 Å². The Balaban J connectivity index is 1.98. The first kappa shape index (κ1) is 13.1. The Morgan fingerprint density at radius 2 is 2.28 bits per heavy atom. The number of urea groups is 1. The van der Waals surface area contributed by atoms with Gasteiger partial charge in [-0.1, -0.05) is 6.92 Å². The van der Waals surface area contributed by atoms with Crippen molar-refractivity contribution < 1.29 is 4.79 Å². The van der Waals surface area contributed by atoms with E-state index in [0.717, 1.165) is 29.9 Å². The molecule has 4 nitrogen and oxygen atoms in total. The highest BCUT2D eigenvalue weighted by atomic mass is 32.2. The van der Waals surface area contributed by atoms with E-state index < -0.39 is 0 Å². The van der Waals surface area contributed by atoms with Crippen molar-refractivity contribution in [3.63, 3.8) is 0 Å². The average Bonchev–Trinajstić information content (AvgIpc) is 3.14. The second kappa shape index (κ2) is 6.00. The van der Waals surface area contributed by atoms with E-state index in [4.69, 9.17) is 5.73 Å². The highest BCUT2D eigenvalue weighted by Crippen LogP contribution is 2.27. The van der Waals surface area contributed by atoms with Gasteiger partial charge in [0.1, 0.15) is 0 Å². The molecule has 0 saturated heterocycles. The number of carbonyl (C=O) groups excluding carboxylic acids is 1. The largest absolute Gasteiger partial charge is 0.397 e. The Hall–Kier alpha value is -1.36. The van der Waals surface area contributed by atoms with Crippen LogP contribution in [0.5, 0.6) is 0 Å². The summed E-state index contributed by atoms with van der Waals surface area (Å²) in [5.74, 6) is 1.07. The van der Waals surface area contributed by atoms with Gasteiger partial charge in [-0.05, 0) is 43.2 Å². The molecule has 2 amide bonds. The summed E-state index contributed by atoms with van der Waals surface area (Å²) in [7, 11) is 0. The Bertz CT molecular complexity index is 432. The minimum atomic E-state index is -0.165. The second-order valence-electron chi connectivity index (χ2n) is 4.47. The van der Waals surface area contributed by atoms with Crippen molar-refractivity contribution in [3.05, 3.63) is 18.2 Å². The fourth-order valence-electron chi connectivity index (χ4n) is 1.52. The van der Waals surface area contributed by atoms with E-state index in [1.54, 1.807) is 11.8 Å². The van der Waals surface area contributed by atoms with E-state index in [1.807, 2.05) is 18.2 Å². The van der Waals surface area contributed by atoms with Gasteiger partial charge in [0.15, 0.2) is 0 Å². The predicted octanol–water partition coefficient (Wildman–Crippen LogP) is 3.05. The highest BCUT2D eigenvalue weighted by molar-refractivity contribution is 7.99. The number of carbonyl (C=O) groups is 1. The maximum atomic E-state index is 11.7. The summed E-state index contributed by atoms with van der Waals surface area (Å²) in [6, 6.07) is 5.94. The predicted molar refractivity (Wildman–Crippen MR) is 77.0 cm³/mol. The van der Waals surface area contributed by atoms with Gasteiger partial charge in [-0.2, -0.15) is 0 Å². The van der Waals surface area contributed by atoms with Gasteiger partial charge in [-0.25, -0.2) is 4.79 Å². The Morgan fingerprint density at radius 1 is 1.50 bits per heavy atom. The number of hydrogen-bond donors (Lipinski definition) is 3. The van der Waals surface area contributed by atoms with E-state index in [9.17, 15) is 4.79 Å². The Labute approximate surface area is 112 Å². The zero-order valence-corrected chi connectivity index (χ0v) is 11.3. The van der Waals surface area contributed by atoms with Crippen LogP contribution < -0.4 is 16.4 Å². The van der Waals surface area contributed by atoms with Crippen LogP contribution in [0.3, 0.4) is 0 Å². The molecule has 5 heteroatoms. The molecule has 1 aromatic carbocycles. The van der Waals surface area contributed by atoms with Crippen LogP contribution in [0.25, 0.3) is 0 Å². The Kier molecular flexibility index (Phi) is 4.36. The van der Waals surface area contributed by atoms with Gasteiger partial charge in [-0.3, -0.25) is 0 Å². The Morgan fingerprint density at radius 3 is 2.94 bits per heavy atom. The van der Waals surface area contributed by atoms with Crippen LogP contribution in [-0.4, -0.2) is 17.8 Å². The molecule has 4 N–H and O–H groups in total. The molecule has 1 aliphatic carbocycles. The summed E-state index contributed by atoms with van der Waals surface area (Å²) in [5, 5.41) is 5.69. The second-order valence-corrected chi connectivity index (χ2v) is 5.64. The van der Waals surface area contributed by atoms with Gasteiger partial charge < -0.3 is 16.4 Å². The van der Waals surface area contributed by atoms with E-state index in [1.165, 1.54) is 0 Å². The first-order valence-electron chi connectivity index (χ1n) is 6.29. The van der Waals surface area contributed by atoms with Gasteiger partial charge >= 0.3 is 6.03 Å². The molecule has 0 spiro atoms. The molecule has 0 radical (unpaired) electrons. The molecule has 2 rings (SSSR count). The average molecular weight is 265 g/mol. The van der Waals surface area contributed by atoms with Crippen LogP contribution in [0.1, 0.15) is 26.2 Å². The van der Waals surface area contributed by atoms with Crippen LogP contribution in [0, 0.1) is 0 Å². The number of thioether (sulfide) groups is 1. The molecule has 18 heavy (non-hydrogen) atoms. The molecule has 0 aromatic heterocycles. The first-order chi connectivity index (χ1) is 8.69. The summed E-state index contributed by atoms with van der Waals surface area (Å²) >= 11 is 1.77. The number of amides is 2. The topological polar surface area (TPSA) is 67.1 Å². The first-order valence-corrected chi connectivity index (χ1v) is 7.27. The zero-order chi connectivity index (χ0) is 13.0. The smallest absolute Gasteiger partial charge is 0.319 e. The normalized spacial score (nSPS) is 14.3. The summed E-state index contributed by atoms with van der Waals surface area (Å²) in [5.41, 5.74) is 7.15. The third-order valence-corrected chi connectivity index (χ3v) is 3.86. The highest BCUT2D eigenvalue weighted by Gasteiger charge is 2.23. The number of hydrogen-bond acceptors (Lipinski definition) is 3. The monoisotopic (exact) mass is 265 g/mol. The molecule has 0 atom stereocenters. The quantitative estimate of drug-likeness (QED) is 0.566. The van der Waals surface area contributed by atoms with Crippen molar-refractivity contribution in [1.29, 1.82) is 0 Å². The number of anilines is 2. The zero-order valence-electron chi connectivity index (χ0n) is 10.5. The lowest BCUT2D eigenvalue weighted by Gasteiger charge is -2.10. The van der Waals surface area contributed by atoms with Crippen molar-refractivity contribution in [2.24, 2.45) is 0 Å². The third-order valence-electron chi connectivity index (χ3n) is 2.66. The van der Waals surface area contributed by atoms with Crippen molar-refractivity contribution in [3.8, 4) is 0 Å². The third kappa shape index (κ3) is 3.84. The minimum Gasteiger partial charge on any atom is -0.397 e. The molecule has 1 aliphatic rings. The number of nitrogens with two attached hydrogens (primary N) is 1. The van der Waals surface area contributed by atoms with Gasteiger partial charge in [0.25, 0.3) is 0 Å². The van der Waals surface area contributed by atoms with Crippen molar-refractivity contribution >= 4 is 29.2 Å². The van der Waals surface area contributed by atoms with Crippen LogP contribution in [0.4, 0.5) is 16.2 Å². The standard InChI is InChI=1S/C13H19N3OS/c1-2-7-18-10-5-6-11(14)12(8-10)16-13(17)15-9-3-4-9/h5-6,8-9H,2-4,7,14H2,1H3,(H2,15,16,17). The van der Waals surface area contributed by atoms with E-state index in [-0.39, 0.29) is 6.03 Å². The van der Waals surface area contributed by atoms with Crippen molar-refractivity contribution in [2.45, 2.75) is 37.1 Å². The van der Waals surface area contributed by atoms with Gasteiger partial charge in [0.05, 0.1) is 11.4 Å². The number of rotatable bonds is 5. The molecule has 0 aliphatic heterocycles. The summed E-state index contributed by atoms with van der Waals surface area (Å²) in [6.45, 7) is 2.15. The lowest BCUT2D eigenvalue weighted by molar-refractivity contribution is 0.251. The molecular weight excluding hydrogens is 246 g/mol. The van der Waals surface area contributed by atoms with Gasteiger partial charge in [0.2, 0.25) is 0 Å². The lowest BCUT2D eigenvalue weighted by atomic mass is 10.3. The molecule has 1 aromatic rings. The number of benzene rings is 1. The number of nitrogen functional groups attached to an aromatic ring is 1. The van der Waals surface area contributed by atoms with Crippen LogP contribution >= 0.6 is 11.8 Å². The fourth-order valence-corrected chi connectivity index (χ4v) is 2.33. The molecule has 0 bridgehead atoms. The molecule has 1 fully saturated rings. The molecule has 0 unspecified atom stereocenters. The minimum absolute atomic E-state index is 0.165. The maximum absolute atomic E-state index is 11.7. The fraction of sp³-hybridized carbons (Fsp3) is 0.462. The van der Waals surface area contributed by atoms with Crippen LogP contribution in [-0.2, 0) is 0 Å². The molecule has 0 heterocycles. The van der Waals surface area contributed by atoms with E-state index in [2.05, 4.69) is 17.6 Å². The molecule has 98 valence electrons. The summed E-state index contributed by atoms with van der Waals surface area (Å²) < 4.78 is 0. The van der Waals surface area contributed by atoms with Crippen LogP contribution in [0.2, 0.25) is 0 Å². The van der Waals surface area contributed by atoms with Crippen molar-refractivity contribution in [2.75, 3.05) is 16.8 Å².